The average molecular weight is 389 g/mol. The summed E-state index contributed by atoms with van der Waals surface area (Å²) < 4.78 is 45.8. The van der Waals surface area contributed by atoms with E-state index in [0.717, 1.165) is 16.4 Å². The lowest BCUT2D eigenvalue weighted by Crippen LogP contribution is -2.41. The summed E-state index contributed by atoms with van der Waals surface area (Å²) in [5.41, 5.74) is 0.877. The van der Waals surface area contributed by atoms with Crippen LogP contribution in [0.25, 0.3) is 0 Å². The molecular formula is C18H16FN3O4S. The number of morpholine rings is 1. The van der Waals surface area contributed by atoms with Crippen molar-refractivity contribution in [1.82, 2.24) is 4.31 Å². The van der Waals surface area contributed by atoms with Crippen molar-refractivity contribution in [3.05, 3.63) is 59.4 Å². The number of amides is 1. The van der Waals surface area contributed by atoms with Crippen molar-refractivity contribution >= 4 is 21.6 Å². The molecule has 1 fully saturated rings. The zero-order valence-electron chi connectivity index (χ0n) is 14.2. The standard InChI is InChI=1S/C18H16FN3O4S/c19-16-6-3-14(18(23)21-15-4-1-13(12-20)2-5-15)11-17(16)27(24,25)22-7-9-26-10-8-22/h1-6,11H,7-10H2,(H,21,23). The normalized spacial score (nSPS) is 15.1. The van der Waals surface area contributed by atoms with Gasteiger partial charge in [-0.25, -0.2) is 12.8 Å². The Bertz CT molecular complexity index is 994. The lowest BCUT2D eigenvalue weighted by molar-refractivity contribution is 0.0729. The molecule has 27 heavy (non-hydrogen) atoms. The van der Waals surface area contributed by atoms with E-state index in [1.54, 1.807) is 12.1 Å². The van der Waals surface area contributed by atoms with Crippen molar-refractivity contribution in [2.45, 2.75) is 4.90 Å². The molecule has 1 heterocycles. The Kier molecular flexibility index (Phi) is 5.51. The van der Waals surface area contributed by atoms with Crippen molar-refractivity contribution in [2.24, 2.45) is 0 Å². The van der Waals surface area contributed by atoms with E-state index in [0.29, 0.717) is 11.3 Å². The molecule has 3 rings (SSSR count). The molecule has 0 radical (unpaired) electrons. The first-order valence-corrected chi connectivity index (χ1v) is 9.55. The summed E-state index contributed by atoms with van der Waals surface area (Å²) in [6, 6.07) is 11.3. The molecule has 2 aromatic carbocycles. The van der Waals surface area contributed by atoms with Gasteiger partial charge in [-0.05, 0) is 42.5 Å². The minimum atomic E-state index is -4.07. The second kappa shape index (κ2) is 7.84. The summed E-state index contributed by atoms with van der Waals surface area (Å²) in [5.74, 6) is -1.51. The third-order valence-corrected chi connectivity index (χ3v) is 5.97. The smallest absolute Gasteiger partial charge is 0.255 e. The zero-order chi connectivity index (χ0) is 19.4. The second-order valence-corrected chi connectivity index (χ2v) is 7.71. The van der Waals surface area contributed by atoms with Gasteiger partial charge in [0.25, 0.3) is 5.91 Å². The Morgan fingerprint density at radius 2 is 1.81 bits per heavy atom. The van der Waals surface area contributed by atoms with Gasteiger partial charge in [0.1, 0.15) is 10.7 Å². The highest BCUT2D eigenvalue weighted by Crippen LogP contribution is 2.22. The van der Waals surface area contributed by atoms with Crippen LogP contribution in [0.5, 0.6) is 0 Å². The topological polar surface area (TPSA) is 99.5 Å². The molecule has 140 valence electrons. The van der Waals surface area contributed by atoms with E-state index < -0.39 is 26.6 Å². The first-order valence-electron chi connectivity index (χ1n) is 8.11. The summed E-state index contributed by atoms with van der Waals surface area (Å²) >= 11 is 0. The summed E-state index contributed by atoms with van der Waals surface area (Å²) in [6.07, 6.45) is 0. The third-order valence-electron chi connectivity index (χ3n) is 4.05. The van der Waals surface area contributed by atoms with Gasteiger partial charge < -0.3 is 10.1 Å². The molecule has 9 heteroatoms. The van der Waals surface area contributed by atoms with Crippen LogP contribution in [0.1, 0.15) is 15.9 Å². The number of nitrogens with zero attached hydrogens (tertiary/aromatic N) is 2. The maximum absolute atomic E-state index is 14.2. The van der Waals surface area contributed by atoms with Crippen LogP contribution in [0.4, 0.5) is 10.1 Å². The van der Waals surface area contributed by atoms with Crippen LogP contribution in [-0.2, 0) is 14.8 Å². The van der Waals surface area contributed by atoms with E-state index in [-0.39, 0.29) is 31.9 Å². The van der Waals surface area contributed by atoms with Crippen LogP contribution < -0.4 is 5.32 Å². The number of rotatable bonds is 4. The average Bonchev–Trinajstić information content (AvgIpc) is 2.69. The lowest BCUT2D eigenvalue weighted by atomic mass is 10.2. The molecule has 1 N–H and O–H groups in total. The minimum absolute atomic E-state index is 0.00703. The quantitative estimate of drug-likeness (QED) is 0.862. The Morgan fingerprint density at radius 3 is 2.44 bits per heavy atom. The van der Waals surface area contributed by atoms with Crippen LogP contribution in [0.15, 0.2) is 47.4 Å². The predicted octanol–water partition coefficient (Wildman–Crippen LogP) is 1.97. The van der Waals surface area contributed by atoms with Crippen molar-refractivity contribution < 1.29 is 22.3 Å². The molecule has 1 saturated heterocycles. The molecule has 2 aromatic rings. The molecule has 1 amide bonds. The SMILES string of the molecule is N#Cc1ccc(NC(=O)c2ccc(F)c(S(=O)(=O)N3CCOCC3)c2)cc1. The van der Waals surface area contributed by atoms with Gasteiger partial charge in [-0.3, -0.25) is 4.79 Å². The molecule has 1 aliphatic rings. The van der Waals surface area contributed by atoms with E-state index in [1.807, 2.05) is 6.07 Å². The predicted molar refractivity (Wildman–Crippen MR) is 95.1 cm³/mol. The molecule has 0 aromatic heterocycles. The number of nitriles is 1. The van der Waals surface area contributed by atoms with Crippen molar-refractivity contribution in [2.75, 3.05) is 31.6 Å². The van der Waals surface area contributed by atoms with Gasteiger partial charge in [-0.15, -0.1) is 0 Å². The molecule has 0 aliphatic carbocycles. The van der Waals surface area contributed by atoms with Crippen molar-refractivity contribution in [3.63, 3.8) is 0 Å². The molecule has 1 aliphatic heterocycles. The van der Waals surface area contributed by atoms with E-state index >= 15 is 0 Å². The van der Waals surface area contributed by atoms with Crippen LogP contribution in [-0.4, -0.2) is 44.9 Å². The van der Waals surface area contributed by atoms with Gasteiger partial charge in [0, 0.05) is 24.3 Å². The molecule has 0 unspecified atom stereocenters. The van der Waals surface area contributed by atoms with Gasteiger partial charge >= 0.3 is 0 Å². The number of benzene rings is 2. The molecule has 0 atom stereocenters. The zero-order valence-corrected chi connectivity index (χ0v) is 15.0. The monoisotopic (exact) mass is 389 g/mol. The van der Waals surface area contributed by atoms with Gasteiger partial charge in [-0.2, -0.15) is 9.57 Å². The van der Waals surface area contributed by atoms with Gasteiger partial charge in [-0.1, -0.05) is 0 Å². The number of hydrogen-bond acceptors (Lipinski definition) is 5. The number of carbonyl (C=O) groups is 1. The summed E-state index contributed by atoms with van der Waals surface area (Å²) in [7, 11) is -4.07. The fourth-order valence-electron chi connectivity index (χ4n) is 2.60. The van der Waals surface area contributed by atoms with Crippen molar-refractivity contribution in [1.29, 1.82) is 5.26 Å². The van der Waals surface area contributed by atoms with Gasteiger partial charge in [0.15, 0.2) is 0 Å². The summed E-state index contributed by atoms with van der Waals surface area (Å²) in [5, 5.41) is 11.4. The number of halogens is 1. The second-order valence-electron chi connectivity index (χ2n) is 5.80. The molecule has 0 bridgehead atoms. The van der Waals surface area contributed by atoms with Crippen LogP contribution in [0.2, 0.25) is 0 Å². The Morgan fingerprint density at radius 1 is 1.15 bits per heavy atom. The van der Waals surface area contributed by atoms with E-state index in [9.17, 15) is 17.6 Å². The number of hydrogen-bond donors (Lipinski definition) is 1. The lowest BCUT2D eigenvalue weighted by Gasteiger charge is -2.26. The fourth-order valence-corrected chi connectivity index (χ4v) is 4.10. The molecule has 0 saturated carbocycles. The number of sulfonamides is 1. The van der Waals surface area contributed by atoms with Crippen LogP contribution >= 0.6 is 0 Å². The van der Waals surface area contributed by atoms with E-state index in [4.69, 9.17) is 10.00 Å². The summed E-state index contributed by atoms with van der Waals surface area (Å²) in [4.78, 5) is 11.9. The molecular weight excluding hydrogens is 373 g/mol. The Hall–Kier alpha value is -2.80. The number of nitrogens with one attached hydrogen (secondary N) is 1. The number of carbonyl (C=O) groups excluding carboxylic acids is 1. The number of ether oxygens (including phenoxy) is 1. The van der Waals surface area contributed by atoms with E-state index in [1.165, 1.54) is 18.2 Å². The first kappa shape index (κ1) is 19.0. The highest BCUT2D eigenvalue weighted by atomic mass is 32.2. The van der Waals surface area contributed by atoms with Gasteiger partial charge in [0.05, 0.1) is 24.8 Å². The van der Waals surface area contributed by atoms with Gasteiger partial charge in [0.2, 0.25) is 10.0 Å². The molecule has 0 spiro atoms. The van der Waals surface area contributed by atoms with Crippen molar-refractivity contribution in [3.8, 4) is 6.07 Å². The molecule has 7 nitrogen and oxygen atoms in total. The van der Waals surface area contributed by atoms with Crippen LogP contribution in [0, 0.1) is 17.1 Å². The van der Waals surface area contributed by atoms with E-state index in [2.05, 4.69) is 5.32 Å². The first-order chi connectivity index (χ1) is 12.9. The minimum Gasteiger partial charge on any atom is -0.379 e. The maximum atomic E-state index is 14.2. The maximum Gasteiger partial charge on any atom is 0.255 e. The Labute approximate surface area is 156 Å². The summed E-state index contributed by atoms with van der Waals surface area (Å²) in [6.45, 7) is 0.728. The Balaban J connectivity index is 1.85. The fraction of sp³-hybridized carbons (Fsp3) is 0.222. The van der Waals surface area contributed by atoms with Crippen LogP contribution in [0.3, 0.4) is 0 Å². The number of anilines is 1. The highest BCUT2D eigenvalue weighted by molar-refractivity contribution is 7.89. The third kappa shape index (κ3) is 4.14. The highest BCUT2D eigenvalue weighted by Gasteiger charge is 2.29. The largest absolute Gasteiger partial charge is 0.379 e.